The van der Waals surface area contributed by atoms with E-state index in [0.717, 1.165) is 0 Å². The van der Waals surface area contributed by atoms with Crippen LogP contribution in [0.5, 0.6) is 0 Å². The van der Waals surface area contributed by atoms with Crippen molar-refractivity contribution in [2.24, 2.45) is 0 Å². The largest absolute Gasteiger partial charge is 0.391 e. The van der Waals surface area contributed by atoms with Gasteiger partial charge < -0.3 is 9.84 Å². The molecule has 1 atom stereocenters. The van der Waals surface area contributed by atoms with Crippen LogP contribution in [-0.2, 0) is 14.8 Å². The molecule has 8 nitrogen and oxygen atoms in total. The Kier molecular flexibility index (Phi) is 6.21. The molecule has 1 aromatic rings. The summed E-state index contributed by atoms with van der Waals surface area (Å²) in [4.78, 5) is 10.1. The van der Waals surface area contributed by atoms with Crippen molar-refractivity contribution in [3.8, 4) is 0 Å². The molecule has 0 aromatic heterocycles. The van der Waals surface area contributed by atoms with Gasteiger partial charge in [0, 0.05) is 25.3 Å². The number of ether oxygens (including phenoxy) is 1. The lowest BCUT2D eigenvalue weighted by Gasteiger charge is -2.12. The van der Waals surface area contributed by atoms with Crippen molar-refractivity contribution in [2.75, 3.05) is 20.3 Å². The molecule has 118 valence electrons. The van der Waals surface area contributed by atoms with Crippen LogP contribution in [0.3, 0.4) is 0 Å². The van der Waals surface area contributed by atoms with Gasteiger partial charge in [-0.1, -0.05) is 6.07 Å². The smallest absolute Gasteiger partial charge is 0.273 e. The molecule has 0 aliphatic rings. The molecule has 0 amide bonds. The molecular formula is C12H18N2O6S. The Morgan fingerprint density at radius 1 is 1.48 bits per heavy atom. The lowest BCUT2D eigenvalue weighted by atomic mass is 10.2. The second-order valence-electron chi connectivity index (χ2n) is 4.45. The first-order valence-corrected chi connectivity index (χ1v) is 7.68. The van der Waals surface area contributed by atoms with Crippen LogP contribution in [0.1, 0.15) is 12.0 Å². The summed E-state index contributed by atoms with van der Waals surface area (Å²) < 4.78 is 31.3. The summed E-state index contributed by atoms with van der Waals surface area (Å²) in [5.74, 6) is 0. The van der Waals surface area contributed by atoms with Crippen molar-refractivity contribution < 1.29 is 23.2 Å². The van der Waals surface area contributed by atoms with Gasteiger partial charge in [0.15, 0.2) is 0 Å². The van der Waals surface area contributed by atoms with Gasteiger partial charge in [-0.05, 0) is 19.4 Å². The van der Waals surface area contributed by atoms with Crippen LogP contribution in [-0.4, -0.2) is 44.8 Å². The molecule has 0 saturated carbocycles. The van der Waals surface area contributed by atoms with Crippen molar-refractivity contribution in [2.45, 2.75) is 24.3 Å². The Hall–Kier alpha value is -1.55. The maximum absolute atomic E-state index is 12.1. The number of sulfonamides is 1. The molecule has 1 unspecified atom stereocenters. The first-order chi connectivity index (χ1) is 9.79. The molecule has 0 radical (unpaired) electrons. The number of rotatable bonds is 8. The van der Waals surface area contributed by atoms with Gasteiger partial charge in [0.05, 0.1) is 22.5 Å². The predicted molar refractivity (Wildman–Crippen MR) is 75.5 cm³/mol. The van der Waals surface area contributed by atoms with Crippen LogP contribution in [0.4, 0.5) is 5.69 Å². The normalized spacial score (nSPS) is 13.1. The average Bonchev–Trinajstić information content (AvgIpc) is 2.38. The highest BCUT2D eigenvalue weighted by atomic mass is 32.2. The lowest BCUT2D eigenvalue weighted by Crippen LogP contribution is -2.29. The second-order valence-corrected chi connectivity index (χ2v) is 6.19. The van der Waals surface area contributed by atoms with Gasteiger partial charge in [-0.15, -0.1) is 0 Å². The number of nitro groups is 1. The molecule has 1 rings (SSSR count). The third-order valence-corrected chi connectivity index (χ3v) is 4.48. The molecule has 21 heavy (non-hydrogen) atoms. The van der Waals surface area contributed by atoms with Gasteiger partial charge in [0.25, 0.3) is 5.69 Å². The van der Waals surface area contributed by atoms with Gasteiger partial charge in [-0.2, -0.15) is 0 Å². The summed E-state index contributed by atoms with van der Waals surface area (Å²) in [7, 11) is -2.43. The minimum Gasteiger partial charge on any atom is -0.391 e. The molecule has 2 N–H and O–H groups in total. The SMILES string of the molecule is COCC(O)CCNS(=O)(=O)c1cccc([N+](=O)[O-])c1C. The molecular weight excluding hydrogens is 300 g/mol. The number of nitrogens with one attached hydrogen (secondary N) is 1. The first-order valence-electron chi connectivity index (χ1n) is 6.20. The zero-order chi connectivity index (χ0) is 16.0. The van der Waals surface area contributed by atoms with E-state index in [4.69, 9.17) is 4.74 Å². The van der Waals surface area contributed by atoms with E-state index in [0.29, 0.717) is 0 Å². The summed E-state index contributed by atoms with van der Waals surface area (Å²) in [5, 5.41) is 20.3. The maximum atomic E-state index is 12.1. The molecule has 1 aromatic carbocycles. The second kappa shape index (κ2) is 7.46. The molecule has 0 heterocycles. The highest BCUT2D eigenvalue weighted by molar-refractivity contribution is 7.89. The fraction of sp³-hybridized carbons (Fsp3) is 0.500. The number of methoxy groups -OCH3 is 1. The standard InChI is InChI=1S/C12H18N2O6S/c1-9-11(14(16)17)4-3-5-12(9)21(18,19)13-7-6-10(15)8-20-2/h3-5,10,13,15H,6-8H2,1-2H3. The Labute approximate surface area is 122 Å². The van der Waals surface area contributed by atoms with E-state index >= 15 is 0 Å². The number of nitro benzene ring substituents is 1. The van der Waals surface area contributed by atoms with Crippen LogP contribution in [0, 0.1) is 17.0 Å². The Balaban J connectivity index is 2.84. The van der Waals surface area contributed by atoms with Gasteiger partial charge >= 0.3 is 0 Å². The van der Waals surface area contributed by atoms with Crippen LogP contribution < -0.4 is 4.72 Å². The Bertz CT molecular complexity index is 602. The zero-order valence-corrected chi connectivity index (χ0v) is 12.6. The number of aliphatic hydroxyl groups is 1. The van der Waals surface area contributed by atoms with E-state index in [1.54, 1.807) is 0 Å². The third kappa shape index (κ3) is 4.74. The monoisotopic (exact) mass is 318 g/mol. The predicted octanol–water partition coefficient (Wildman–Crippen LogP) is 0.579. The van der Waals surface area contributed by atoms with Crippen LogP contribution in [0.25, 0.3) is 0 Å². The van der Waals surface area contributed by atoms with Gasteiger partial charge in [0.2, 0.25) is 10.0 Å². The topological polar surface area (TPSA) is 119 Å². The number of nitrogens with zero attached hydrogens (tertiary/aromatic N) is 1. The minimum absolute atomic E-state index is 0.00892. The van der Waals surface area contributed by atoms with Crippen molar-refractivity contribution in [1.29, 1.82) is 0 Å². The van der Waals surface area contributed by atoms with Crippen LogP contribution in [0.2, 0.25) is 0 Å². The summed E-state index contributed by atoms with van der Waals surface area (Å²) in [6, 6.07) is 3.87. The number of aliphatic hydroxyl groups excluding tert-OH is 1. The van der Waals surface area contributed by atoms with E-state index in [1.165, 1.54) is 32.2 Å². The zero-order valence-electron chi connectivity index (χ0n) is 11.8. The van der Waals surface area contributed by atoms with Gasteiger partial charge in [-0.3, -0.25) is 10.1 Å². The molecule has 9 heteroatoms. The first kappa shape index (κ1) is 17.5. The Morgan fingerprint density at radius 3 is 2.71 bits per heavy atom. The van der Waals surface area contributed by atoms with Crippen molar-refractivity contribution in [3.63, 3.8) is 0 Å². The fourth-order valence-corrected chi connectivity index (χ4v) is 3.11. The number of hydrogen-bond donors (Lipinski definition) is 2. The van der Waals surface area contributed by atoms with Gasteiger partial charge in [-0.25, -0.2) is 13.1 Å². The summed E-state index contributed by atoms with van der Waals surface area (Å²) in [5.41, 5.74) is -0.176. The van der Waals surface area contributed by atoms with Crippen molar-refractivity contribution in [1.82, 2.24) is 4.72 Å². The molecule has 0 aliphatic carbocycles. The quantitative estimate of drug-likeness (QED) is 0.534. The third-order valence-electron chi connectivity index (χ3n) is 2.87. The lowest BCUT2D eigenvalue weighted by molar-refractivity contribution is -0.385. The van der Waals surface area contributed by atoms with E-state index < -0.39 is 21.1 Å². The number of benzene rings is 1. The van der Waals surface area contributed by atoms with Crippen LogP contribution in [0.15, 0.2) is 23.1 Å². The van der Waals surface area contributed by atoms with E-state index in [9.17, 15) is 23.6 Å². The maximum Gasteiger partial charge on any atom is 0.273 e. The molecule has 0 bridgehead atoms. The molecule has 0 saturated heterocycles. The molecule has 0 aliphatic heterocycles. The molecule has 0 fully saturated rings. The fourth-order valence-electron chi connectivity index (χ4n) is 1.81. The minimum atomic E-state index is -3.86. The Morgan fingerprint density at radius 2 is 2.14 bits per heavy atom. The van der Waals surface area contributed by atoms with E-state index in [2.05, 4.69) is 4.72 Å². The molecule has 0 spiro atoms. The van der Waals surface area contributed by atoms with Crippen molar-refractivity contribution in [3.05, 3.63) is 33.9 Å². The van der Waals surface area contributed by atoms with E-state index in [-0.39, 0.29) is 35.7 Å². The summed E-state index contributed by atoms with van der Waals surface area (Å²) >= 11 is 0. The van der Waals surface area contributed by atoms with E-state index in [1.807, 2.05) is 0 Å². The van der Waals surface area contributed by atoms with Crippen molar-refractivity contribution >= 4 is 15.7 Å². The summed E-state index contributed by atoms with van der Waals surface area (Å²) in [6.07, 6.45) is -0.593. The highest BCUT2D eigenvalue weighted by Gasteiger charge is 2.22. The average molecular weight is 318 g/mol. The number of hydrogen-bond acceptors (Lipinski definition) is 6. The summed E-state index contributed by atoms with van der Waals surface area (Å²) in [6.45, 7) is 1.50. The highest BCUT2D eigenvalue weighted by Crippen LogP contribution is 2.24. The van der Waals surface area contributed by atoms with Crippen LogP contribution >= 0.6 is 0 Å². The van der Waals surface area contributed by atoms with Gasteiger partial charge in [0.1, 0.15) is 0 Å².